The first kappa shape index (κ1) is 29.6. The van der Waals surface area contributed by atoms with Crippen LogP contribution < -0.4 is 19.1 Å². The van der Waals surface area contributed by atoms with Crippen molar-refractivity contribution in [1.29, 1.82) is 0 Å². The molecule has 0 aliphatic carbocycles. The van der Waals surface area contributed by atoms with Crippen LogP contribution in [0.1, 0.15) is 51.9 Å². The number of phenolic OH excluding ortho intramolecular Hbond substituents is 1. The molecule has 2 fully saturated rings. The minimum absolute atomic E-state index is 0.0205. The summed E-state index contributed by atoms with van der Waals surface area (Å²) in [6.07, 6.45) is 5.31. The van der Waals surface area contributed by atoms with E-state index < -0.39 is 23.3 Å². The predicted octanol–water partition coefficient (Wildman–Crippen LogP) is 6.53. The Kier molecular flexibility index (Phi) is 7.71. The molecule has 2 aromatic heterocycles. The Bertz CT molecular complexity index is 1770. The third kappa shape index (κ3) is 5.12. The average molecular weight is 624 g/mol. The van der Waals surface area contributed by atoms with Gasteiger partial charge < -0.3 is 24.2 Å². The van der Waals surface area contributed by atoms with Crippen molar-refractivity contribution in [3.8, 4) is 34.6 Å². The van der Waals surface area contributed by atoms with Gasteiger partial charge in [-0.2, -0.15) is 9.97 Å². The van der Waals surface area contributed by atoms with Crippen LogP contribution in [0, 0.1) is 11.6 Å². The van der Waals surface area contributed by atoms with Crippen LogP contribution in [-0.2, 0) is 0 Å². The van der Waals surface area contributed by atoms with Crippen molar-refractivity contribution >= 4 is 27.5 Å². The summed E-state index contributed by atoms with van der Waals surface area (Å²) in [5, 5.41) is 11.5. The topological polar surface area (TPSA) is 93.1 Å². The molecule has 0 radical (unpaired) electrons. The first-order chi connectivity index (χ1) is 21.8. The van der Waals surface area contributed by atoms with Gasteiger partial charge in [-0.3, -0.25) is 4.90 Å². The molecule has 0 amide bonds. The Balaban J connectivity index is 1.37. The van der Waals surface area contributed by atoms with Gasteiger partial charge in [0.15, 0.2) is 29.9 Å². The maximum atomic E-state index is 16.8. The second-order valence-electron chi connectivity index (χ2n) is 12.3. The van der Waals surface area contributed by atoms with Crippen molar-refractivity contribution in [3.63, 3.8) is 0 Å². The molecule has 0 spiro atoms. The van der Waals surface area contributed by atoms with E-state index in [1.54, 1.807) is 0 Å². The standard InChI is InChI=1S/C33H36F3N5O4/c1-3-4-5-6-11-40-18-45-31-25-28(38-32(39-30(25)40)44-17-33-10-7-12-41(33)16-20(34)15-33)26(36)27(37-31)22-14-21(42)13-19-8-9-23(35)29(43-2)24(19)22/h8-9,13-14,20,42H,3-7,10-12,15-18H2,1-2H3/t20-,33+/m1/s1. The van der Waals surface area contributed by atoms with E-state index >= 15 is 4.39 Å². The van der Waals surface area contributed by atoms with Gasteiger partial charge in [-0.05, 0) is 49.4 Å². The lowest BCUT2D eigenvalue weighted by molar-refractivity contribution is 0.107. The van der Waals surface area contributed by atoms with E-state index in [2.05, 4.69) is 21.8 Å². The van der Waals surface area contributed by atoms with Crippen LogP contribution in [0.5, 0.6) is 23.4 Å². The number of unbranched alkanes of at least 4 members (excludes halogenated alkanes) is 3. The Morgan fingerprint density at radius 1 is 1.11 bits per heavy atom. The molecule has 0 bridgehead atoms. The minimum Gasteiger partial charge on any atom is -0.508 e. The molecule has 3 aliphatic heterocycles. The Hall–Kier alpha value is -4.06. The number of hydrogen-bond donors (Lipinski definition) is 1. The van der Waals surface area contributed by atoms with E-state index in [0.717, 1.165) is 45.1 Å². The lowest BCUT2D eigenvalue weighted by Gasteiger charge is -2.32. The summed E-state index contributed by atoms with van der Waals surface area (Å²) < 4.78 is 63.7. The monoisotopic (exact) mass is 623 g/mol. The lowest BCUT2D eigenvalue weighted by Crippen LogP contribution is -2.43. The normalized spacial score (nSPS) is 21.0. The highest BCUT2D eigenvalue weighted by molar-refractivity contribution is 6.04. The van der Waals surface area contributed by atoms with Crippen LogP contribution >= 0.6 is 0 Å². The summed E-state index contributed by atoms with van der Waals surface area (Å²) in [6.45, 7) is 4.28. The van der Waals surface area contributed by atoms with Crippen LogP contribution in [0.15, 0.2) is 24.3 Å². The molecule has 9 nitrogen and oxygen atoms in total. The highest BCUT2D eigenvalue weighted by Gasteiger charge is 2.49. The van der Waals surface area contributed by atoms with Crippen LogP contribution in [0.2, 0.25) is 0 Å². The highest BCUT2D eigenvalue weighted by Crippen LogP contribution is 2.45. The number of halogens is 3. The summed E-state index contributed by atoms with van der Waals surface area (Å²) in [5.74, 6) is -1.13. The first-order valence-corrected chi connectivity index (χ1v) is 15.6. The molecule has 7 rings (SSSR count). The molecule has 238 valence electrons. The van der Waals surface area contributed by atoms with Gasteiger partial charge in [0.1, 0.15) is 35.1 Å². The predicted molar refractivity (Wildman–Crippen MR) is 164 cm³/mol. The second-order valence-corrected chi connectivity index (χ2v) is 12.3. The molecule has 45 heavy (non-hydrogen) atoms. The zero-order chi connectivity index (χ0) is 31.3. The maximum absolute atomic E-state index is 16.8. The Labute approximate surface area is 258 Å². The summed E-state index contributed by atoms with van der Waals surface area (Å²) in [5.41, 5.74) is -0.584. The molecule has 4 aromatic rings. The van der Waals surface area contributed by atoms with Crippen LogP contribution in [0.25, 0.3) is 32.9 Å². The maximum Gasteiger partial charge on any atom is 0.319 e. The zero-order valence-corrected chi connectivity index (χ0v) is 25.4. The summed E-state index contributed by atoms with van der Waals surface area (Å²) in [4.78, 5) is 17.9. The van der Waals surface area contributed by atoms with Crippen molar-refractivity contribution in [1.82, 2.24) is 19.9 Å². The smallest absolute Gasteiger partial charge is 0.319 e. The summed E-state index contributed by atoms with van der Waals surface area (Å²) >= 11 is 0. The fraction of sp³-hybridized carbons (Fsp3) is 0.485. The largest absolute Gasteiger partial charge is 0.508 e. The molecule has 0 saturated carbocycles. The highest BCUT2D eigenvalue weighted by atomic mass is 19.1. The number of pyridine rings is 1. The van der Waals surface area contributed by atoms with E-state index in [1.807, 2.05) is 4.90 Å². The fourth-order valence-corrected chi connectivity index (χ4v) is 7.21. The third-order valence-electron chi connectivity index (χ3n) is 9.35. The number of ether oxygens (including phenoxy) is 3. The van der Waals surface area contributed by atoms with Gasteiger partial charge >= 0.3 is 6.01 Å². The molecular formula is C33H36F3N5O4. The van der Waals surface area contributed by atoms with Gasteiger partial charge in [0.05, 0.1) is 12.6 Å². The van der Waals surface area contributed by atoms with Crippen LogP contribution in [0.3, 0.4) is 0 Å². The number of phenols is 1. The summed E-state index contributed by atoms with van der Waals surface area (Å²) in [6, 6.07) is 5.44. The van der Waals surface area contributed by atoms with Crippen molar-refractivity contribution in [2.45, 2.75) is 63.6 Å². The zero-order valence-electron chi connectivity index (χ0n) is 25.4. The van der Waals surface area contributed by atoms with Crippen molar-refractivity contribution < 1.29 is 32.5 Å². The van der Waals surface area contributed by atoms with Crippen LogP contribution in [0.4, 0.5) is 19.0 Å². The SMILES string of the molecule is CCCCCCN1COc2nc(-c3cc(O)cc4ccc(F)c(OC)c34)c(F)c3nc(OC[C@@]45CCCN4C[C@H](F)C5)nc1c23. The van der Waals surface area contributed by atoms with E-state index in [9.17, 15) is 13.9 Å². The van der Waals surface area contributed by atoms with Crippen molar-refractivity contribution in [2.24, 2.45) is 0 Å². The quantitative estimate of drug-likeness (QED) is 0.198. The van der Waals surface area contributed by atoms with Gasteiger partial charge in [-0.15, -0.1) is 0 Å². The first-order valence-electron chi connectivity index (χ1n) is 15.6. The molecular weight excluding hydrogens is 587 g/mol. The molecule has 1 N–H and O–H groups in total. The Morgan fingerprint density at radius 3 is 2.80 bits per heavy atom. The lowest BCUT2D eigenvalue weighted by atomic mass is 9.95. The number of fused-ring (bicyclic) bond motifs is 2. The Morgan fingerprint density at radius 2 is 1.98 bits per heavy atom. The summed E-state index contributed by atoms with van der Waals surface area (Å²) in [7, 11) is 1.32. The number of anilines is 1. The molecule has 12 heteroatoms. The number of nitrogens with zero attached hydrogens (tertiary/aromatic N) is 5. The van der Waals surface area contributed by atoms with E-state index in [0.29, 0.717) is 36.1 Å². The number of aromatic nitrogens is 3. The number of alkyl halides is 1. The molecule has 5 heterocycles. The van der Waals surface area contributed by atoms with Gasteiger partial charge in [0, 0.05) is 30.5 Å². The number of methoxy groups -OCH3 is 1. The van der Waals surface area contributed by atoms with Gasteiger partial charge in [0.25, 0.3) is 0 Å². The van der Waals surface area contributed by atoms with Gasteiger partial charge in [-0.25, -0.2) is 18.2 Å². The number of rotatable bonds is 10. The van der Waals surface area contributed by atoms with Crippen molar-refractivity contribution in [2.75, 3.05) is 45.0 Å². The third-order valence-corrected chi connectivity index (χ3v) is 9.35. The van der Waals surface area contributed by atoms with Gasteiger partial charge in [-0.1, -0.05) is 32.3 Å². The number of benzene rings is 2. The average Bonchev–Trinajstić information content (AvgIpc) is 3.56. The number of hydrogen-bond acceptors (Lipinski definition) is 9. The van der Waals surface area contributed by atoms with E-state index in [4.69, 9.17) is 19.2 Å². The fourth-order valence-electron chi connectivity index (χ4n) is 7.21. The van der Waals surface area contributed by atoms with Crippen LogP contribution in [-0.4, -0.2) is 76.8 Å². The molecule has 2 saturated heterocycles. The molecule has 2 atom stereocenters. The van der Waals surface area contributed by atoms with E-state index in [1.165, 1.54) is 31.4 Å². The van der Waals surface area contributed by atoms with Gasteiger partial charge in [0.2, 0.25) is 5.88 Å². The molecule has 3 aliphatic rings. The molecule has 2 aromatic carbocycles. The number of aromatic hydroxyl groups is 1. The van der Waals surface area contributed by atoms with E-state index in [-0.39, 0.29) is 58.9 Å². The van der Waals surface area contributed by atoms with Crippen molar-refractivity contribution in [3.05, 3.63) is 35.9 Å². The molecule has 0 unspecified atom stereocenters. The minimum atomic E-state index is -0.920. The second kappa shape index (κ2) is 11.7.